The third kappa shape index (κ3) is 2.81. The van der Waals surface area contributed by atoms with E-state index < -0.39 is 23.2 Å². The maximum absolute atomic E-state index is 13.4. The SMILES string of the molecule is Cc1cc(-c2ccc(C(F)(F)F)c(F)c2)nc(=O)[nH]1. The standard InChI is InChI=1S/C12H8F4N2O/c1-6-4-10(18-11(19)17-6)7-2-3-8(9(13)5-7)12(14,15)16/h2-5H,1H3,(H,17,18,19). The van der Waals surface area contributed by atoms with Crippen LogP contribution >= 0.6 is 0 Å². The summed E-state index contributed by atoms with van der Waals surface area (Å²) in [5.41, 5.74) is -1.28. The van der Waals surface area contributed by atoms with E-state index in [1.54, 1.807) is 6.92 Å². The van der Waals surface area contributed by atoms with Crippen molar-refractivity contribution in [1.29, 1.82) is 0 Å². The molecule has 1 heterocycles. The van der Waals surface area contributed by atoms with Crippen molar-refractivity contribution < 1.29 is 17.6 Å². The van der Waals surface area contributed by atoms with E-state index in [9.17, 15) is 22.4 Å². The molecular weight excluding hydrogens is 264 g/mol. The second kappa shape index (κ2) is 4.49. The minimum atomic E-state index is -4.75. The number of benzene rings is 1. The molecule has 7 heteroatoms. The first-order chi connectivity index (χ1) is 8.77. The monoisotopic (exact) mass is 272 g/mol. The Morgan fingerprint density at radius 2 is 1.89 bits per heavy atom. The molecule has 0 amide bonds. The Morgan fingerprint density at radius 3 is 2.42 bits per heavy atom. The van der Waals surface area contributed by atoms with Crippen molar-refractivity contribution >= 4 is 0 Å². The molecule has 19 heavy (non-hydrogen) atoms. The van der Waals surface area contributed by atoms with Crippen molar-refractivity contribution in [3.05, 3.63) is 51.8 Å². The highest BCUT2D eigenvalue weighted by molar-refractivity contribution is 5.59. The number of alkyl halides is 3. The number of aryl methyl sites for hydroxylation is 1. The van der Waals surface area contributed by atoms with Crippen LogP contribution in [-0.4, -0.2) is 9.97 Å². The molecule has 1 aromatic carbocycles. The van der Waals surface area contributed by atoms with Gasteiger partial charge in [0.15, 0.2) is 0 Å². The van der Waals surface area contributed by atoms with Gasteiger partial charge in [0, 0.05) is 11.3 Å². The Labute approximate surface area is 104 Å². The van der Waals surface area contributed by atoms with Crippen molar-refractivity contribution in [1.82, 2.24) is 9.97 Å². The van der Waals surface area contributed by atoms with Crippen molar-refractivity contribution in [2.24, 2.45) is 0 Å². The molecule has 1 aromatic heterocycles. The van der Waals surface area contributed by atoms with Crippen LogP contribution in [0.3, 0.4) is 0 Å². The first-order valence-electron chi connectivity index (χ1n) is 5.22. The topological polar surface area (TPSA) is 45.8 Å². The number of halogens is 4. The lowest BCUT2D eigenvalue weighted by Gasteiger charge is -2.09. The summed E-state index contributed by atoms with van der Waals surface area (Å²) >= 11 is 0. The van der Waals surface area contributed by atoms with Gasteiger partial charge in [-0.1, -0.05) is 6.07 Å². The number of hydrogen-bond donors (Lipinski definition) is 1. The van der Waals surface area contributed by atoms with Crippen molar-refractivity contribution in [2.75, 3.05) is 0 Å². The smallest absolute Gasteiger partial charge is 0.310 e. The van der Waals surface area contributed by atoms with Crippen LogP contribution in [0.25, 0.3) is 11.3 Å². The summed E-state index contributed by atoms with van der Waals surface area (Å²) in [7, 11) is 0. The molecule has 0 unspecified atom stereocenters. The van der Waals surface area contributed by atoms with Gasteiger partial charge in [0.2, 0.25) is 0 Å². The quantitative estimate of drug-likeness (QED) is 0.811. The molecule has 0 spiro atoms. The first-order valence-corrected chi connectivity index (χ1v) is 5.22. The third-order valence-corrected chi connectivity index (χ3v) is 2.45. The molecule has 2 rings (SSSR count). The highest BCUT2D eigenvalue weighted by Crippen LogP contribution is 2.32. The molecule has 2 aromatic rings. The zero-order chi connectivity index (χ0) is 14.2. The molecule has 0 saturated carbocycles. The number of H-pyrrole nitrogens is 1. The Morgan fingerprint density at radius 1 is 1.21 bits per heavy atom. The molecule has 0 aliphatic rings. The number of nitrogens with zero attached hydrogens (tertiary/aromatic N) is 1. The van der Waals surface area contributed by atoms with Gasteiger partial charge in [0.05, 0.1) is 11.3 Å². The normalized spacial score (nSPS) is 11.6. The lowest BCUT2D eigenvalue weighted by Crippen LogP contribution is -2.12. The molecule has 0 bridgehead atoms. The Hall–Kier alpha value is -2.18. The van der Waals surface area contributed by atoms with E-state index in [1.807, 2.05) is 0 Å². The minimum Gasteiger partial charge on any atom is -0.310 e. The average molecular weight is 272 g/mol. The second-order valence-electron chi connectivity index (χ2n) is 3.95. The summed E-state index contributed by atoms with van der Waals surface area (Å²) in [6.45, 7) is 1.59. The Bertz CT molecular complexity index is 676. The molecule has 100 valence electrons. The molecule has 0 radical (unpaired) electrons. The van der Waals surface area contributed by atoms with Crippen LogP contribution in [0.4, 0.5) is 17.6 Å². The maximum atomic E-state index is 13.4. The van der Waals surface area contributed by atoms with E-state index in [-0.39, 0.29) is 11.3 Å². The van der Waals surface area contributed by atoms with Gasteiger partial charge in [0.25, 0.3) is 0 Å². The summed E-state index contributed by atoms with van der Waals surface area (Å²) in [6.07, 6.45) is -4.75. The van der Waals surface area contributed by atoms with E-state index in [0.29, 0.717) is 17.8 Å². The Balaban J connectivity index is 2.53. The van der Waals surface area contributed by atoms with E-state index in [1.165, 1.54) is 6.07 Å². The summed E-state index contributed by atoms with van der Waals surface area (Å²) in [5.74, 6) is -1.40. The molecule has 1 N–H and O–H groups in total. The number of hydrogen-bond acceptors (Lipinski definition) is 2. The van der Waals surface area contributed by atoms with E-state index in [4.69, 9.17) is 0 Å². The molecule has 0 saturated heterocycles. The van der Waals surface area contributed by atoms with Crippen LogP contribution in [0.5, 0.6) is 0 Å². The maximum Gasteiger partial charge on any atom is 0.419 e. The number of aromatic nitrogens is 2. The van der Waals surface area contributed by atoms with Crippen LogP contribution in [0.1, 0.15) is 11.3 Å². The highest BCUT2D eigenvalue weighted by atomic mass is 19.4. The van der Waals surface area contributed by atoms with Crippen LogP contribution < -0.4 is 5.69 Å². The van der Waals surface area contributed by atoms with Crippen LogP contribution in [0, 0.1) is 12.7 Å². The fraction of sp³-hybridized carbons (Fsp3) is 0.167. The largest absolute Gasteiger partial charge is 0.419 e. The van der Waals surface area contributed by atoms with Gasteiger partial charge >= 0.3 is 11.9 Å². The van der Waals surface area contributed by atoms with Gasteiger partial charge in [-0.25, -0.2) is 9.18 Å². The van der Waals surface area contributed by atoms with Crippen molar-refractivity contribution in [2.45, 2.75) is 13.1 Å². The van der Waals surface area contributed by atoms with Gasteiger partial charge in [0.1, 0.15) is 5.82 Å². The predicted octanol–water partition coefficient (Wildman–Crippen LogP) is 2.90. The van der Waals surface area contributed by atoms with E-state index >= 15 is 0 Å². The van der Waals surface area contributed by atoms with Gasteiger partial charge in [-0.05, 0) is 25.1 Å². The fourth-order valence-corrected chi connectivity index (χ4v) is 1.63. The van der Waals surface area contributed by atoms with Gasteiger partial charge in [-0.3, -0.25) is 0 Å². The van der Waals surface area contributed by atoms with E-state index in [0.717, 1.165) is 6.07 Å². The molecule has 0 aliphatic carbocycles. The summed E-state index contributed by atoms with van der Waals surface area (Å²) in [6, 6.07) is 3.86. The predicted molar refractivity (Wildman–Crippen MR) is 60.0 cm³/mol. The van der Waals surface area contributed by atoms with Gasteiger partial charge in [-0.2, -0.15) is 18.2 Å². The fourth-order valence-electron chi connectivity index (χ4n) is 1.63. The Kier molecular flexibility index (Phi) is 3.13. The van der Waals surface area contributed by atoms with Crippen molar-refractivity contribution in [3.63, 3.8) is 0 Å². The summed E-state index contributed by atoms with van der Waals surface area (Å²) in [5, 5.41) is 0. The first kappa shape index (κ1) is 13.3. The van der Waals surface area contributed by atoms with Crippen LogP contribution in [0.2, 0.25) is 0 Å². The third-order valence-electron chi connectivity index (χ3n) is 2.45. The highest BCUT2D eigenvalue weighted by Gasteiger charge is 2.33. The minimum absolute atomic E-state index is 0.111. The molecule has 0 fully saturated rings. The zero-order valence-electron chi connectivity index (χ0n) is 9.68. The zero-order valence-corrected chi connectivity index (χ0v) is 9.68. The van der Waals surface area contributed by atoms with Gasteiger partial charge in [-0.15, -0.1) is 0 Å². The summed E-state index contributed by atoms with van der Waals surface area (Å²) in [4.78, 5) is 17.1. The van der Waals surface area contributed by atoms with Crippen LogP contribution in [-0.2, 0) is 6.18 Å². The molecule has 0 aliphatic heterocycles. The number of aromatic amines is 1. The molecule has 0 atom stereocenters. The molecule has 3 nitrogen and oxygen atoms in total. The summed E-state index contributed by atoms with van der Waals surface area (Å²) < 4.78 is 50.6. The van der Waals surface area contributed by atoms with Gasteiger partial charge < -0.3 is 4.98 Å². The van der Waals surface area contributed by atoms with Crippen LogP contribution in [0.15, 0.2) is 29.1 Å². The number of rotatable bonds is 1. The molecular formula is C12H8F4N2O. The lowest BCUT2D eigenvalue weighted by molar-refractivity contribution is -0.139. The lowest BCUT2D eigenvalue weighted by atomic mass is 10.1. The number of nitrogens with one attached hydrogen (secondary N) is 1. The average Bonchev–Trinajstić information content (AvgIpc) is 2.25. The van der Waals surface area contributed by atoms with Crippen molar-refractivity contribution in [3.8, 4) is 11.3 Å². The second-order valence-corrected chi connectivity index (χ2v) is 3.95. The van der Waals surface area contributed by atoms with E-state index in [2.05, 4.69) is 9.97 Å².